The number of hydrogen-bond acceptors (Lipinski definition) is 5. The van der Waals surface area contributed by atoms with E-state index in [1.54, 1.807) is 6.07 Å². The van der Waals surface area contributed by atoms with E-state index < -0.39 is 21.8 Å². The molecule has 6 nitrogen and oxygen atoms in total. The molecule has 160 valence electrons. The van der Waals surface area contributed by atoms with Gasteiger partial charge in [-0.25, -0.2) is 8.42 Å². The summed E-state index contributed by atoms with van der Waals surface area (Å²) in [5.41, 5.74) is 1.65. The first-order valence-corrected chi connectivity index (χ1v) is 13.0. The second-order valence-corrected chi connectivity index (χ2v) is 11.7. The average Bonchev–Trinajstić information content (AvgIpc) is 3.20. The minimum Gasteiger partial charge on any atom is -0.348 e. The summed E-state index contributed by atoms with van der Waals surface area (Å²) in [6.07, 6.45) is 4.03. The van der Waals surface area contributed by atoms with Gasteiger partial charge in [0.1, 0.15) is 5.00 Å². The second-order valence-electron chi connectivity index (χ2n) is 7.57. The zero-order valence-corrected chi connectivity index (χ0v) is 19.1. The molecule has 1 aromatic carbocycles. The molecule has 1 aliphatic heterocycles. The number of amides is 2. The monoisotopic (exact) mass is 486 g/mol. The van der Waals surface area contributed by atoms with E-state index in [9.17, 15) is 18.0 Å². The first-order chi connectivity index (χ1) is 14.2. The highest BCUT2D eigenvalue weighted by molar-refractivity contribution is 7.91. The van der Waals surface area contributed by atoms with Gasteiger partial charge in [-0.2, -0.15) is 0 Å². The Balaban J connectivity index is 1.62. The molecule has 2 heterocycles. The van der Waals surface area contributed by atoms with Crippen LogP contribution in [-0.2, 0) is 22.7 Å². The Morgan fingerprint density at radius 2 is 1.87 bits per heavy atom. The molecule has 4 rings (SSSR count). The maximum atomic E-state index is 13.1. The third-order valence-corrected chi connectivity index (χ3v) is 8.89. The van der Waals surface area contributed by atoms with Gasteiger partial charge in [0.2, 0.25) is 0 Å². The van der Waals surface area contributed by atoms with E-state index in [1.165, 1.54) is 23.5 Å². The number of carbonyl (C=O) groups excluding carboxylic acids is 2. The first-order valence-electron chi connectivity index (χ1n) is 9.66. The summed E-state index contributed by atoms with van der Waals surface area (Å²) in [5, 5.41) is 6.81. The van der Waals surface area contributed by atoms with E-state index >= 15 is 0 Å². The lowest BCUT2D eigenvalue weighted by Crippen LogP contribution is -2.36. The van der Waals surface area contributed by atoms with Gasteiger partial charge in [0.05, 0.1) is 27.7 Å². The molecule has 0 radical (unpaired) electrons. The summed E-state index contributed by atoms with van der Waals surface area (Å²) in [6, 6.07) is 4.20. The van der Waals surface area contributed by atoms with Crippen LogP contribution < -0.4 is 10.6 Å². The lowest BCUT2D eigenvalue weighted by molar-refractivity contribution is 0.0941. The van der Waals surface area contributed by atoms with Crippen molar-refractivity contribution in [1.29, 1.82) is 0 Å². The summed E-state index contributed by atoms with van der Waals surface area (Å²) >= 11 is 13.5. The maximum absolute atomic E-state index is 13.1. The first kappa shape index (κ1) is 21.6. The van der Waals surface area contributed by atoms with Gasteiger partial charge in [-0.3, -0.25) is 9.59 Å². The summed E-state index contributed by atoms with van der Waals surface area (Å²) in [5.74, 6) is -0.729. The van der Waals surface area contributed by atoms with E-state index in [-0.39, 0.29) is 28.0 Å². The van der Waals surface area contributed by atoms with Crippen LogP contribution in [0, 0.1) is 0 Å². The number of fused-ring (bicyclic) bond motifs is 1. The number of benzene rings is 1. The van der Waals surface area contributed by atoms with E-state index in [0.717, 1.165) is 36.1 Å². The molecule has 0 unspecified atom stereocenters. The van der Waals surface area contributed by atoms with E-state index in [1.807, 2.05) is 0 Å². The number of thiophene rings is 1. The van der Waals surface area contributed by atoms with Crippen molar-refractivity contribution in [2.24, 2.45) is 0 Å². The lowest BCUT2D eigenvalue weighted by atomic mass is 9.95. The summed E-state index contributed by atoms with van der Waals surface area (Å²) in [7, 11) is -3.11. The van der Waals surface area contributed by atoms with Gasteiger partial charge in [0.25, 0.3) is 11.8 Å². The second kappa shape index (κ2) is 8.49. The highest BCUT2D eigenvalue weighted by Crippen LogP contribution is 2.39. The Labute approximate surface area is 188 Å². The van der Waals surface area contributed by atoms with Gasteiger partial charge < -0.3 is 10.6 Å². The third-order valence-electron chi connectivity index (χ3n) is 5.37. The quantitative estimate of drug-likeness (QED) is 0.679. The van der Waals surface area contributed by atoms with Crippen molar-refractivity contribution in [2.75, 3.05) is 16.8 Å². The molecule has 1 fully saturated rings. The average molecular weight is 487 g/mol. The summed E-state index contributed by atoms with van der Waals surface area (Å²) in [6.45, 7) is 0. The number of hydrogen-bond donors (Lipinski definition) is 2. The zero-order valence-electron chi connectivity index (χ0n) is 16.0. The van der Waals surface area contributed by atoms with Crippen molar-refractivity contribution in [3.05, 3.63) is 49.8 Å². The van der Waals surface area contributed by atoms with Gasteiger partial charge in [-0.15, -0.1) is 11.3 Å². The Morgan fingerprint density at radius 1 is 1.10 bits per heavy atom. The van der Waals surface area contributed by atoms with Gasteiger partial charge in [0, 0.05) is 15.9 Å². The van der Waals surface area contributed by atoms with E-state index in [4.69, 9.17) is 23.2 Å². The Kier molecular flexibility index (Phi) is 6.12. The van der Waals surface area contributed by atoms with Crippen LogP contribution in [0.25, 0.3) is 0 Å². The summed E-state index contributed by atoms with van der Waals surface area (Å²) in [4.78, 5) is 27.0. The number of halogens is 2. The van der Waals surface area contributed by atoms with Gasteiger partial charge in [-0.05, 0) is 55.9 Å². The lowest BCUT2D eigenvalue weighted by Gasteiger charge is -2.15. The number of rotatable bonds is 4. The van der Waals surface area contributed by atoms with Crippen molar-refractivity contribution in [3.63, 3.8) is 0 Å². The Hall–Kier alpha value is -1.61. The molecule has 2 aromatic rings. The Bertz CT molecular complexity index is 1130. The molecule has 2 amide bonds. The molecular weight excluding hydrogens is 467 g/mol. The molecule has 1 atom stereocenters. The zero-order chi connectivity index (χ0) is 21.5. The van der Waals surface area contributed by atoms with Crippen LogP contribution in [0.4, 0.5) is 5.00 Å². The Morgan fingerprint density at radius 3 is 2.57 bits per heavy atom. The third kappa shape index (κ3) is 4.51. The standard InChI is InChI=1S/C20H20Cl2N2O4S2/c21-11-5-6-13(15(22)9-11)18(25)24-20-17(14-3-1-2-4-16(14)29-20)19(26)23-12-7-8-30(27,28)10-12/h5-6,9,12H,1-4,7-8,10H2,(H,23,26)(H,24,25)/t12-/m1/s1. The van der Waals surface area contributed by atoms with Crippen LogP contribution in [0.2, 0.25) is 10.0 Å². The van der Waals surface area contributed by atoms with Crippen molar-refractivity contribution in [3.8, 4) is 0 Å². The van der Waals surface area contributed by atoms with Gasteiger partial charge >= 0.3 is 0 Å². The van der Waals surface area contributed by atoms with Crippen LogP contribution in [-0.4, -0.2) is 37.8 Å². The molecule has 10 heteroatoms. The molecule has 30 heavy (non-hydrogen) atoms. The number of anilines is 1. The SMILES string of the molecule is O=C(Nc1sc2c(c1C(=O)N[C@@H]1CCS(=O)(=O)C1)CCCC2)c1ccc(Cl)cc1Cl. The number of carbonyl (C=O) groups is 2. The smallest absolute Gasteiger partial charge is 0.257 e. The predicted molar refractivity (Wildman–Crippen MR) is 120 cm³/mol. The van der Waals surface area contributed by atoms with Crippen LogP contribution in [0.15, 0.2) is 18.2 Å². The minimum atomic E-state index is -3.11. The molecule has 0 spiro atoms. The molecule has 1 saturated heterocycles. The van der Waals surface area contributed by atoms with Crippen LogP contribution in [0.1, 0.15) is 50.4 Å². The highest BCUT2D eigenvalue weighted by Gasteiger charge is 2.32. The highest BCUT2D eigenvalue weighted by atomic mass is 35.5. The predicted octanol–water partition coefficient (Wildman–Crippen LogP) is 4.10. The maximum Gasteiger partial charge on any atom is 0.257 e. The topological polar surface area (TPSA) is 92.3 Å². The number of sulfone groups is 1. The fourth-order valence-corrected chi connectivity index (χ4v) is 7.35. The molecule has 2 aliphatic rings. The van der Waals surface area contributed by atoms with Crippen molar-refractivity contribution in [1.82, 2.24) is 5.32 Å². The van der Waals surface area contributed by atoms with Crippen LogP contribution in [0.5, 0.6) is 0 Å². The molecule has 1 aromatic heterocycles. The fraction of sp³-hybridized carbons (Fsp3) is 0.400. The summed E-state index contributed by atoms with van der Waals surface area (Å²) < 4.78 is 23.5. The number of aryl methyl sites for hydroxylation is 1. The molecule has 2 N–H and O–H groups in total. The van der Waals surface area contributed by atoms with Crippen LogP contribution in [0.3, 0.4) is 0 Å². The molecular formula is C20H20Cl2N2O4S2. The van der Waals surface area contributed by atoms with Crippen LogP contribution >= 0.6 is 34.5 Å². The molecule has 0 saturated carbocycles. The van der Waals surface area contributed by atoms with Crippen molar-refractivity contribution < 1.29 is 18.0 Å². The normalized spacial score (nSPS) is 19.9. The number of nitrogens with one attached hydrogen (secondary N) is 2. The molecule has 0 bridgehead atoms. The van der Waals surface area contributed by atoms with E-state index in [0.29, 0.717) is 22.0 Å². The van der Waals surface area contributed by atoms with E-state index in [2.05, 4.69) is 10.6 Å². The van der Waals surface area contributed by atoms with Gasteiger partial charge in [0.15, 0.2) is 9.84 Å². The minimum absolute atomic E-state index is 0.0485. The fourth-order valence-electron chi connectivity index (χ4n) is 3.90. The van der Waals surface area contributed by atoms with Gasteiger partial charge in [-0.1, -0.05) is 23.2 Å². The van der Waals surface area contributed by atoms with Crippen molar-refractivity contribution in [2.45, 2.75) is 38.1 Å². The molecule has 1 aliphatic carbocycles. The van der Waals surface area contributed by atoms with Crippen molar-refractivity contribution >= 4 is 61.2 Å². The largest absolute Gasteiger partial charge is 0.348 e.